The van der Waals surface area contributed by atoms with E-state index in [9.17, 15) is 34.8 Å². The number of nitrogens with two attached hydrogens (primary N) is 1. The number of phenols is 1. The number of aromatic hydroxyl groups is 1. The van der Waals surface area contributed by atoms with Crippen LogP contribution in [0.25, 0.3) is 5.76 Å². The summed E-state index contributed by atoms with van der Waals surface area (Å²) in [6.45, 7) is 3.31. The van der Waals surface area contributed by atoms with Gasteiger partial charge in [-0.05, 0) is 63.0 Å². The highest BCUT2D eigenvalue weighted by Crippen LogP contribution is 2.54. The monoisotopic (exact) mass is 528 g/mol. The first-order valence-electron chi connectivity index (χ1n) is 12.7. The Labute approximate surface area is 221 Å². The summed E-state index contributed by atoms with van der Waals surface area (Å²) in [5, 5.41) is 48.3. The summed E-state index contributed by atoms with van der Waals surface area (Å²) in [4.78, 5) is 42.6. The zero-order chi connectivity index (χ0) is 28.3. The van der Waals surface area contributed by atoms with Gasteiger partial charge in [0.05, 0.1) is 11.6 Å². The van der Waals surface area contributed by atoms with E-state index in [1.807, 2.05) is 25.9 Å². The molecular weight excluding hydrogens is 492 g/mol. The Hall–Kier alpha value is -3.41. The Balaban J connectivity index is 1.94. The summed E-state index contributed by atoms with van der Waals surface area (Å²) in [5.74, 6) is -6.57. The van der Waals surface area contributed by atoms with Crippen molar-refractivity contribution in [1.82, 2.24) is 10.2 Å². The number of carbonyl (C=O) groups excluding carboxylic acids is 3. The average Bonchev–Trinajstić information content (AvgIpc) is 2.80. The molecule has 11 nitrogen and oxygen atoms in total. The molecule has 1 fully saturated rings. The maximum absolute atomic E-state index is 13.9. The molecule has 0 aromatic heterocycles. The van der Waals surface area contributed by atoms with Crippen LogP contribution in [-0.4, -0.2) is 89.2 Å². The molecule has 11 heteroatoms. The molecule has 38 heavy (non-hydrogen) atoms. The summed E-state index contributed by atoms with van der Waals surface area (Å²) >= 11 is 0. The number of anilines is 1. The Morgan fingerprint density at radius 2 is 1.84 bits per heavy atom. The second kappa shape index (κ2) is 9.72. The molecule has 0 spiro atoms. The number of fused-ring (bicyclic) bond motifs is 3. The lowest BCUT2D eigenvalue weighted by Gasteiger charge is -2.50. The minimum Gasteiger partial charge on any atom is -0.508 e. The van der Waals surface area contributed by atoms with E-state index in [2.05, 4.69) is 5.32 Å². The van der Waals surface area contributed by atoms with Gasteiger partial charge in [-0.1, -0.05) is 6.92 Å². The van der Waals surface area contributed by atoms with Crippen LogP contribution in [0.2, 0.25) is 0 Å². The van der Waals surface area contributed by atoms with E-state index in [0.717, 1.165) is 24.2 Å². The first-order valence-corrected chi connectivity index (χ1v) is 12.7. The van der Waals surface area contributed by atoms with Gasteiger partial charge in [-0.25, -0.2) is 0 Å². The number of nitrogens with one attached hydrogen (secondary N) is 1. The minimum atomic E-state index is -2.64. The highest BCUT2D eigenvalue weighted by molar-refractivity contribution is 6.24. The van der Waals surface area contributed by atoms with Crippen molar-refractivity contribution in [2.45, 2.75) is 44.4 Å². The molecular formula is C27H36N4O7. The number of benzene rings is 1. The molecule has 4 rings (SSSR count). The van der Waals surface area contributed by atoms with Crippen molar-refractivity contribution < 1.29 is 34.8 Å². The van der Waals surface area contributed by atoms with Crippen molar-refractivity contribution in [2.24, 2.45) is 17.6 Å². The number of carbonyl (C=O) groups is 3. The average molecular weight is 529 g/mol. The van der Waals surface area contributed by atoms with Crippen LogP contribution in [0.4, 0.5) is 5.69 Å². The van der Waals surface area contributed by atoms with Gasteiger partial charge in [-0.3, -0.25) is 19.3 Å². The van der Waals surface area contributed by atoms with Crippen LogP contribution in [0.3, 0.4) is 0 Å². The number of rotatable bonds is 7. The topological polar surface area (TPSA) is 177 Å². The largest absolute Gasteiger partial charge is 0.508 e. The Kier molecular flexibility index (Phi) is 7.06. The second-order valence-corrected chi connectivity index (χ2v) is 10.8. The summed E-state index contributed by atoms with van der Waals surface area (Å²) < 4.78 is 0. The van der Waals surface area contributed by atoms with Crippen molar-refractivity contribution in [3.8, 4) is 5.75 Å². The molecule has 3 aliphatic rings. The molecule has 0 bridgehead atoms. The van der Waals surface area contributed by atoms with Gasteiger partial charge in [0.15, 0.2) is 11.4 Å². The van der Waals surface area contributed by atoms with Gasteiger partial charge < -0.3 is 36.4 Å². The predicted octanol–water partition coefficient (Wildman–Crippen LogP) is 0.530. The molecule has 0 heterocycles. The molecule has 206 valence electrons. The third kappa shape index (κ3) is 3.88. The maximum atomic E-state index is 13.9. The number of Topliss-reactive ketones (excluding diaryl/α,β-unsaturated/α-hetero) is 2. The Bertz CT molecular complexity index is 1280. The van der Waals surface area contributed by atoms with Gasteiger partial charge in [0.25, 0.3) is 5.91 Å². The number of likely N-dealkylation sites (N-methyl/N-ethyl adjacent to an activating group) is 1. The molecule has 0 unspecified atom stereocenters. The van der Waals surface area contributed by atoms with E-state index in [0.29, 0.717) is 12.1 Å². The van der Waals surface area contributed by atoms with Crippen LogP contribution in [0, 0.1) is 11.8 Å². The fraction of sp³-hybridized carbons (Fsp3) is 0.519. The second-order valence-electron chi connectivity index (χ2n) is 10.8. The highest BCUT2D eigenvalue weighted by atomic mass is 16.3. The minimum absolute atomic E-state index is 0.0533. The lowest BCUT2D eigenvalue weighted by molar-refractivity contribution is -0.153. The summed E-state index contributed by atoms with van der Waals surface area (Å²) in [5.41, 5.74) is 4.08. The maximum Gasteiger partial charge on any atom is 0.255 e. The SMILES string of the molecule is CCCNCc1cc(O)c2c(c1N(C)C)C[C@H]1C[C@H]3[C@H](N(C)C)C(=O)C(C(N)=O)=C(O)[C@@]3(O)C(=O)C1=C2O. The normalized spacial score (nSPS) is 26.9. The van der Waals surface area contributed by atoms with Crippen LogP contribution in [0.1, 0.15) is 36.5 Å². The number of phenolic OH excluding ortho intramolecular Hbond substituents is 1. The van der Waals surface area contributed by atoms with E-state index in [-0.39, 0.29) is 29.7 Å². The summed E-state index contributed by atoms with van der Waals surface area (Å²) in [6, 6.07) is 0.432. The standard InChI is InChI=1S/C27H36N4O7/c1-6-7-29-11-13-10-16(32)18-14(20(13)30(2)3)8-12-9-15-21(31(4)5)23(34)19(26(28)37)25(36)27(15,38)24(35)17(12)22(18)33/h10,12,15,21,29,32-33,36,38H,6-9,11H2,1-5H3,(H2,28,37)/t12-,15-,21-,27-/m0/s1. The number of hydrogen-bond donors (Lipinski definition) is 6. The first kappa shape index (κ1) is 27.6. The van der Waals surface area contributed by atoms with Crippen LogP contribution >= 0.6 is 0 Å². The molecule has 0 radical (unpaired) electrons. The van der Waals surface area contributed by atoms with E-state index in [4.69, 9.17) is 5.73 Å². The number of amides is 1. The molecule has 3 aliphatic carbocycles. The van der Waals surface area contributed by atoms with Gasteiger partial charge in [0, 0.05) is 37.8 Å². The fourth-order valence-electron chi connectivity index (χ4n) is 6.46. The van der Waals surface area contributed by atoms with Crippen molar-refractivity contribution in [1.29, 1.82) is 0 Å². The van der Waals surface area contributed by atoms with Crippen molar-refractivity contribution in [2.75, 3.05) is 39.6 Å². The third-order valence-electron chi connectivity index (χ3n) is 7.96. The van der Waals surface area contributed by atoms with Gasteiger partial charge in [0.2, 0.25) is 5.78 Å². The molecule has 4 atom stereocenters. The summed E-state index contributed by atoms with van der Waals surface area (Å²) in [6.07, 6.45) is 1.23. The number of aliphatic hydroxyl groups excluding tert-OH is 2. The summed E-state index contributed by atoms with van der Waals surface area (Å²) in [7, 11) is 6.86. The van der Waals surface area contributed by atoms with Crippen molar-refractivity contribution >= 4 is 28.9 Å². The number of aliphatic hydroxyl groups is 3. The lowest BCUT2D eigenvalue weighted by atomic mass is 9.57. The Morgan fingerprint density at radius 3 is 2.39 bits per heavy atom. The number of hydrogen-bond acceptors (Lipinski definition) is 10. The van der Waals surface area contributed by atoms with Gasteiger partial charge in [0.1, 0.15) is 22.8 Å². The fourth-order valence-corrected chi connectivity index (χ4v) is 6.46. The van der Waals surface area contributed by atoms with Crippen LogP contribution in [0.15, 0.2) is 23.0 Å². The van der Waals surface area contributed by atoms with Crippen molar-refractivity contribution in [3.05, 3.63) is 39.7 Å². The zero-order valence-corrected chi connectivity index (χ0v) is 22.3. The number of nitrogens with zero attached hydrogens (tertiary/aromatic N) is 2. The zero-order valence-electron chi connectivity index (χ0n) is 22.3. The molecule has 1 aromatic rings. The quantitative estimate of drug-likeness (QED) is 0.216. The molecule has 1 saturated carbocycles. The lowest BCUT2D eigenvalue weighted by Crippen LogP contribution is -2.65. The van der Waals surface area contributed by atoms with Gasteiger partial charge >= 0.3 is 0 Å². The van der Waals surface area contributed by atoms with Crippen LogP contribution in [-0.2, 0) is 27.3 Å². The number of primary amides is 1. The van der Waals surface area contributed by atoms with E-state index >= 15 is 0 Å². The number of ketones is 2. The third-order valence-corrected chi connectivity index (χ3v) is 7.96. The molecule has 1 amide bonds. The predicted molar refractivity (Wildman–Crippen MR) is 141 cm³/mol. The molecule has 1 aromatic carbocycles. The van der Waals surface area contributed by atoms with E-state index < -0.39 is 58.0 Å². The molecule has 7 N–H and O–H groups in total. The van der Waals surface area contributed by atoms with Crippen molar-refractivity contribution in [3.63, 3.8) is 0 Å². The Morgan fingerprint density at radius 1 is 1.18 bits per heavy atom. The van der Waals surface area contributed by atoms with Crippen LogP contribution in [0.5, 0.6) is 5.75 Å². The van der Waals surface area contributed by atoms with Gasteiger partial charge in [-0.2, -0.15) is 0 Å². The van der Waals surface area contributed by atoms with E-state index in [1.54, 1.807) is 20.2 Å². The van der Waals surface area contributed by atoms with Crippen LogP contribution < -0.4 is 16.0 Å². The highest BCUT2D eigenvalue weighted by Gasteiger charge is 2.64. The molecule has 0 aliphatic heterocycles. The smallest absolute Gasteiger partial charge is 0.255 e. The first-order chi connectivity index (χ1) is 17.8. The van der Waals surface area contributed by atoms with E-state index in [1.165, 1.54) is 4.90 Å². The molecule has 0 saturated heterocycles. The van der Waals surface area contributed by atoms with Gasteiger partial charge in [-0.15, -0.1) is 0 Å².